The smallest absolute Gasteiger partial charge is 0.336 e. The number of hydrogen-bond acceptors (Lipinski definition) is 2. The molecule has 2 rings (SSSR count). The second kappa shape index (κ2) is 5.24. The molecule has 6 heteroatoms. The topological polar surface area (TPSA) is 46.5 Å². The third-order valence-corrected chi connectivity index (χ3v) is 2.73. The average Bonchev–Trinajstić information content (AvgIpc) is 2.37. The largest absolute Gasteiger partial charge is 0.497 e. The van der Waals surface area contributed by atoms with Crippen molar-refractivity contribution in [3.8, 4) is 16.9 Å². The van der Waals surface area contributed by atoms with Crippen LogP contribution >= 0.6 is 0 Å². The van der Waals surface area contributed by atoms with Gasteiger partial charge in [0.05, 0.1) is 18.2 Å². The van der Waals surface area contributed by atoms with Crippen molar-refractivity contribution in [1.82, 2.24) is 0 Å². The van der Waals surface area contributed by atoms with Crippen LogP contribution in [0.3, 0.4) is 0 Å². The standard InChI is InChI=1S/C14H9F3O3/c1-20-8-5-11(16)13(12(17)6-8)10-4-7(15)2-3-9(10)14(18)19/h2-6H,1H3,(H,18,19). The number of benzene rings is 2. The third kappa shape index (κ3) is 2.45. The van der Waals surface area contributed by atoms with Crippen LogP contribution in [0.1, 0.15) is 10.4 Å². The molecule has 0 aromatic heterocycles. The van der Waals surface area contributed by atoms with Gasteiger partial charge in [0.1, 0.15) is 23.2 Å². The molecule has 0 bridgehead atoms. The van der Waals surface area contributed by atoms with Gasteiger partial charge in [0, 0.05) is 17.7 Å². The first kappa shape index (κ1) is 13.9. The fourth-order valence-corrected chi connectivity index (χ4v) is 1.83. The van der Waals surface area contributed by atoms with Gasteiger partial charge in [-0.1, -0.05) is 0 Å². The van der Waals surface area contributed by atoms with E-state index in [4.69, 9.17) is 9.84 Å². The van der Waals surface area contributed by atoms with Gasteiger partial charge in [-0.05, 0) is 18.2 Å². The summed E-state index contributed by atoms with van der Waals surface area (Å²) >= 11 is 0. The maximum atomic E-state index is 13.9. The van der Waals surface area contributed by atoms with Gasteiger partial charge in [-0.2, -0.15) is 0 Å². The highest BCUT2D eigenvalue weighted by atomic mass is 19.1. The molecule has 0 saturated carbocycles. The maximum Gasteiger partial charge on any atom is 0.336 e. The lowest BCUT2D eigenvalue weighted by Gasteiger charge is -2.10. The predicted octanol–water partition coefficient (Wildman–Crippen LogP) is 3.48. The fraction of sp³-hybridized carbons (Fsp3) is 0.0714. The van der Waals surface area contributed by atoms with Gasteiger partial charge >= 0.3 is 5.97 Å². The highest BCUT2D eigenvalue weighted by Crippen LogP contribution is 2.32. The van der Waals surface area contributed by atoms with Crippen molar-refractivity contribution in [3.05, 3.63) is 53.3 Å². The molecule has 104 valence electrons. The molecule has 0 atom stereocenters. The van der Waals surface area contributed by atoms with E-state index in [2.05, 4.69) is 0 Å². The van der Waals surface area contributed by atoms with Crippen LogP contribution < -0.4 is 4.74 Å². The van der Waals surface area contributed by atoms with E-state index in [-0.39, 0.29) is 11.3 Å². The van der Waals surface area contributed by atoms with E-state index >= 15 is 0 Å². The van der Waals surface area contributed by atoms with Gasteiger partial charge in [-0.25, -0.2) is 18.0 Å². The minimum atomic E-state index is -1.41. The number of halogens is 3. The van der Waals surface area contributed by atoms with E-state index in [9.17, 15) is 18.0 Å². The molecule has 0 saturated heterocycles. The summed E-state index contributed by atoms with van der Waals surface area (Å²) < 4.78 is 45.8. The van der Waals surface area contributed by atoms with E-state index < -0.39 is 34.5 Å². The van der Waals surface area contributed by atoms with Crippen molar-refractivity contribution < 1.29 is 27.8 Å². The van der Waals surface area contributed by atoms with E-state index in [0.717, 1.165) is 30.3 Å². The Morgan fingerprint density at radius 1 is 1.10 bits per heavy atom. The number of methoxy groups -OCH3 is 1. The Morgan fingerprint density at radius 3 is 2.20 bits per heavy atom. The number of carboxylic acid groups (broad SMARTS) is 1. The Labute approximate surface area is 112 Å². The monoisotopic (exact) mass is 282 g/mol. The zero-order chi connectivity index (χ0) is 14.9. The highest BCUT2D eigenvalue weighted by Gasteiger charge is 2.20. The first-order chi connectivity index (χ1) is 9.43. The van der Waals surface area contributed by atoms with Gasteiger partial charge in [-0.15, -0.1) is 0 Å². The number of carbonyl (C=O) groups is 1. The summed E-state index contributed by atoms with van der Waals surface area (Å²) in [5, 5.41) is 9.01. The van der Waals surface area contributed by atoms with Crippen LogP contribution in [0.15, 0.2) is 30.3 Å². The SMILES string of the molecule is COc1cc(F)c(-c2cc(F)ccc2C(=O)O)c(F)c1. The molecular weight excluding hydrogens is 273 g/mol. The zero-order valence-corrected chi connectivity index (χ0v) is 10.3. The molecule has 2 aromatic carbocycles. The molecular formula is C14H9F3O3. The van der Waals surface area contributed by atoms with Gasteiger partial charge in [0.2, 0.25) is 0 Å². The van der Waals surface area contributed by atoms with Crippen LogP contribution in [0.4, 0.5) is 13.2 Å². The number of carboxylic acids is 1. The maximum absolute atomic E-state index is 13.9. The van der Waals surface area contributed by atoms with Gasteiger partial charge in [0.25, 0.3) is 0 Å². The van der Waals surface area contributed by atoms with Crippen molar-refractivity contribution >= 4 is 5.97 Å². The minimum absolute atomic E-state index is 0.0583. The molecule has 0 aliphatic carbocycles. The van der Waals surface area contributed by atoms with Crippen molar-refractivity contribution in [2.45, 2.75) is 0 Å². The molecule has 2 aromatic rings. The Kier molecular flexibility index (Phi) is 3.65. The van der Waals surface area contributed by atoms with Crippen LogP contribution in [-0.2, 0) is 0 Å². The first-order valence-corrected chi connectivity index (χ1v) is 5.50. The number of aromatic carboxylic acids is 1. The highest BCUT2D eigenvalue weighted by molar-refractivity contribution is 5.96. The average molecular weight is 282 g/mol. The number of rotatable bonds is 3. The molecule has 0 radical (unpaired) electrons. The molecule has 1 N–H and O–H groups in total. The molecule has 3 nitrogen and oxygen atoms in total. The van der Waals surface area contributed by atoms with Gasteiger partial charge < -0.3 is 9.84 Å². The summed E-state index contributed by atoms with van der Waals surface area (Å²) in [6.07, 6.45) is 0. The lowest BCUT2D eigenvalue weighted by Crippen LogP contribution is -2.03. The Hall–Kier alpha value is -2.50. The van der Waals surface area contributed by atoms with E-state index in [1.165, 1.54) is 7.11 Å². The summed E-state index contributed by atoms with van der Waals surface area (Å²) in [5.74, 6) is -4.32. The summed E-state index contributed by atoms with van der Waals surface area (Å²) in [5.41, 5.74) is -1.37. The zero-order valence-electron chi connectivity index (χ0n) is 10.3. The molecule has 20 heavy (non-hydrogen) atoms. The summed E-state index contributed by atoms with van der Waals surface area (Å²) in [4.78, 5) is 11.1. The van der Waals surface area contributed by atoms with Crippen LogP contribution in [0.2, 0.25) is 0 Å². The fourth-order valence-electron chi connectivity index (χ4n) is 1.83. The minimum Gasteiger partial charge on any atom is -0.497 e. The lowest BCUT2D eigenvalue weighted by atomic mass is 9.98. The van der Waals surface area contributed by atoms with Crippen LogP contribution in [0, 0.1) is 17.5 Å². The van der Waals surface area contributed by atoms with E-state index in [0.29, 0.717) is 0 Å². The summed E-state index contributed by atoms with van der Waals surface area (Å²) in [6, 6.07) is 4.43. The first-order valence-electron chi connectivity index (χ1n) is 5.50. The summed E-state index contributed by atoms with van der Waals surface area (Å²) in [6.45, 7) is 0. The Bertz CT molecular complexity index is 660. The number of hydrogen-bond donors (Lipinski definition) is 1. The van der Waals surface area contributed by atoms with Crippen LogP contribution in [0.25, 0.3) is 11.1 Å². The lowest BCUT2D eigenvalue weighted by molar-refractivity contribution is 0.0697. The van der Waals surface area contributed by atoms with Crippen molar-refractivity contribution in [2.75, 3.05) is 7.11 Å². The van der Waals surface area contributed by atoms with Gasteiger partial charge in [0.15, 0.2) is 0 Å². The normalized spacial score (nSPS) is 10.4. The van der Waals surface area contributed by atoms with Crippen molar-refractivity contribution in [2.24, 2.45) is 0 Å². The van der Waals surface area contributed by atoms with E-state index in [1.54, 1.807) is 0 Å². The molecule has 0 heterocycles. The molecule has 0 aliphatic heterocycles. The van der Waals surface area contributed by atoms with Gasteiger partial charge in [-0.3, -0.25) is 0 Å². The Morgan fingerprint density at radius 2 is 1.70 bits per heavy atom. The van der Waals surface area contributed by atoms with Crippen molar-refractivity contribution in [3.63, 3.8) is 0 Å². The Balaban J connectivity index is 2.74. The second-order valence-electron chi connectivity index (χ2n) is 3.96. The molecule has 0 aliphatic rings. The molecule has 0 amide bonds. The third-order valence-electron chi connectivity index (χ3n) is 2.73. The van der Waals surface area contributed by atoms with Crippen LogP contribution in [0.5, 0.6) is 5.75 Å². The predicted molar refractivity (Wildman–Crippen MR) is 65.3 cm³/mol. The molecule has 0 unspecified atom stereocenters. The quantitative estimate of drug-likeness (QED) is 0.937. The summed E-state index contributed by atoms with van der Waals surface area (Å²) in [7, 11) is 1.23. The molecule has 0 fully saturated rings. The van der Waals surface area contributed by atoms with Crippen LogP contribution in [-0.4, -0.2) is 18.2 Å². The number of ether oxygens (including phenoxy) is 1. The molecule has 0 spiro atoms. The second-order valence-corrected chi connectivity index (χ2v) is 3.96. The van der Waals surface area contributed by atoms with E-state index in [1.807, 2.05) is 0 Å². The van der Waals surface area contributed by atoms with Crippen molar-refractivity contribution in [1.29, 1.82) is 0 Å².